The van der Waals surface area contributed by atoms with Crippen LogP contribution in [0.15, 0.2) is 48.8 Å². The Morgan fingerprint density at radius 3 is 2.57 bits per heavy atom. The molecule has 2 aromatic rings. The summed E-state index contributed by atoms with van der Waals surface area (Å²) in [7, 11) is 0. The van der Waals surface area contributed by atoms with Gasteiger partial charge in [-0.15, -0.1) is 0 Å². The van der Waals surface area contributed by atoms with Gasteiger partial charge < -0.3 is 10.4 Å². The smallest absolute Gasteiger partial charge is 0.337 e. The molecule has 0 aliphatic carbocycles. The molecule has 0 radical (unpaired) electrons. The molecule has 1 aromatic carbocycles. The summed E-state index contributed by atoms with van der Waals surface area (Å²) < 4.78 is 0. The van der Waals surface area contributed by atoms with E-state index in [9.17, 15) is 9.59 Å². The topological polar surface area (TPSA) is 79.3 Å². The second-order valence-corrected chi connectivity index (χ2v) is 4.50. The molecule has 1 amide bonds. The van der Waals surface area contributed by atoms with Crippen LogP contribution in [0.3, 0.4) is 0 Å². The van der Waals surface area contributed by atoms with Crippen LogP contribution in [0.1, 0.15) is 21.5 Å². The first-order valence-electron chi connectivity index (χ1n) is 6.29. The fraction of sp³-hybridized carbons (Fsp3) is 0.0625. The van der Waals surface area contributed by atoms with Gasteiger partial charge in [0.05, 0.1) is 17.4 Å². The van der Waals surface area contributed by atoms with Crippen LogP contribution in [-0.4, -0.2) is 22.0 Å². The lowest BCUT2D eigenvalue weighted by atomic mass is 10.1. The second-order valence-electron chi connectivity index (χ2n) is 4.50. The fourth-order valence-electron chi connectivity index (χ4n) is 1.66. The third-order valence-corrected chi connectivity index (χ3v) is 2.76. The summed E-state index contributed by atoms with van der Waals surface area (Å²) in [5.74, 6) is -1.44. The Hall–Kier alpha value is -2.95. The predicted octanol–water partition coefficient (Wildman–Crippen LogP) is 2.74. The molecular weight excluding hydrogens is 268 g/mol. The van der Waals surface area contributed by atoms with Crippen molar-refractivity contribution in [2.75, 3.05) is 5.32 Å². The number of benzene rings is 1. The van der Waals surface area contributed by atoms with E-state index in [1.54, 1.807) is 6.08 Å². The van der Waals surface area contributed by atoms with Crippen molar-refractivity contribution in [1.29, 1.82) is 0 Å². The second kappa shape index (κ2) is 6.47. The van der Waals surface area contributed by atoms with Gasteiger partial charge in [0, 0.05) is 12.3 Å². The maximum Gasteiger partial charge on any atom is 0.337 e. The molecular formula is C16H14N2O3. The monoisotopic (exact) mass is 282 g/mol. The van der Waals surface area contributed by atoms with Gasteiger partial charge in [-0.25, -0.2) is 4.79 Å². The molecule has 0 fully saturated rings. The zero-order valence-corrected chi connectivity index (χ0v) is 11.4. The van der Waals surface area contributed by atoms with Crippen molar-refractivity contribution in [3.63, 3.8) is 0 Å². The minimum absolute atomic E-state index is 0.0234. The number of nitrogens with one attached hydrogen (secondary N) is 1. The molecule has 0 aliphatic rings. The van der Waals surface area contributed by atoms with Crippen LogP contribution in [0.5, 0.6) is 0 Å². The molecule has 0 bridgehead atoms. The minimum Gasteiger partial charge on any atom is -0.478 e. The molecule has 5 nitrogen and oxygen atoms in total. The van der Waals surface area contributed by atoms with E-state index in [2.05, 4.69) is 10.3 Å². The largest absolute Gasteiger partial charge is 0.478 e. The number of nitrogens with zero attached hydrogens (tertiary/aromatic N) is 1. The summed E-state index contributed by atoms with van der Waals surface area (Å²) in [5, 5.41) is 11.4. The van der Waals surface area contributed by atoms with Crippen molar-refractivity contribution in [1.82, 2.24) is 4.98 Å². The van der Waals surface area contributed by atoms with Gasteiger partial charge in [0.15, 0.2) is 0 Å². The average molecular weight is 282 g/mol. The van der Waals surface area contributed by atoms with Crippen molar-refractivity contribution < 1.29 is 14.7 Å². The van der Waals surface area contributed by atoms with Crippen LogP contribution in [-0.2, 0) is 4.79 Å². The summed E-state index contributed by atoms with van der Waals surface area (Å²) >= 11 is 0. The van der Waals surface area contributed by atoms with Gasteiger partial charge in [0.2, 0.25) is 5.91 Å². The van der Waals surface area contributed by atoms with Crippen LogP contribution >= 0.6 is 0 Å². The van der Waals surface area contributed by atoms with E-state index >= 15 is 0 Å². The number of pyridine rings is 1. The van der Waals surface area contributed by atoms with Gasteiger partial charge >= 0.3 is 5.97 Å². The number of hydrogen-bond acceptors (Lipinski definition) is 3. The molecule has 5 heteroatoms. The average Bonchev–Trinajstić information content (AvgIpc) is 2.47. The van der Waals surface area contributed by atoms with E-state index in [4.69, 9.17) is 5.11 Å². The molecule has 0 spiro atoms. The van der Waals surface area contributed by atoms with E-state index in [1.165, 1.54) is 24.5 Å². The highest BCUT2D eigenvalue weighted by Crippen LogP contribution is 2.09. The van der Waals surface area contributed by atoms with Gasteiger partial charge in [-0.2, -0.15) is 0 Å². The van der Waals surface area contributed by atoms with Gasteiger partial charge in [0.1, 0.15) is 0 Å². The highest BCUT2D eigenvalue weighted by Gasteiger charge is 2.05. The van der Waals surface area contributed by atoms with Gasteiger partial charge in [-0.3, -0.25) is 9.78 Å². The minimum atomic E-state index is -1.09. The molecule has 1 aromatic heterocycles. The van der Waals surface area contributed by atoms with Crippen molar-refractivity contribution in [3.05, 3.63) is 65.5 Å². The number of carboxylic acids is 1. The zero-order chi connectivity index (χ0) is 15.2. The van der Waals surface area contributed by atoms with E-state index in [-0.39, 0.29) is 11.5 Å². The number of anilines is 1. The maximum atomic E-state index is 11.8. The summed E-state index contributed by atoms with van der Waals surface area (Å²) in [6.07, 6.45) is 5.69. The third kappa shape index (κ3) is 4.28. The maximum absolute atomic E-state index is 11.8. The third-order valence-electron chi connectivity index (χ3n) is 2.76. The Kier molecular flexibility index (Phi) is 4.46. The van der Waals surface area contributed by atoms with Gasteiger partial charge in [0.25, 0.3) is 0 Å². The summed E-state index contributed by atoms with van der Waals surface area (Å²) in [4.78, 5) is 26.3. The number of aromatic carboxylic acids is 1. The highest BCUT2D eigenvalue weighted by molar-refractivity contribution is 6.02. The summed E-state index contributed by atoms with van der Waals surface area (Å²) in [5.41, 5.74) is 2.42. The van der Waals surface area contributed by atoms with Crippen LogP contribution in [0.25, 0.3) is 6.08 Å². The molecule has 0 unspecified atom stereocenters. The van der Waals surface area contributed by atoms with Crippen molar-refractivity contribution in [2.24, 2.45) is 0 Å². The van der Waals surface area contributed by atoms with Crippen LogP contribution in [0.2, 0.25) is 0 Å². The fourth-order valence-corrected chi connectivity index (χ4v) is 1.66. The number of carboxylic acid groups (broad SMARTS) is 1. The molecule has 0 aliphatic heterocycles. The van der Waals surface area contributed by atoms with Crippen molar-refractivity contribution in [3.8, 4) is 0 Å². The van der Waals surface area contributed by atoms with Gasteiger partial charge in [-0.1, -0.05) is 29.8 Å². The molecule has 106 valence electrons. The SMILES string of the molecule is Cc1ccc(C=CC(=O)Nc2cncc(C(=O)O)c2)cc1. The number of rotatable bonds is 4. The Morgan fingerprint density at radius 1 is 1.19 bits per heavy atom. The Bertz CT molecular complexity index is 691. The summed E-state index contributed by atoms with van der Waals surface area (Å²) in [6.45, 7) is 1.99. The molecule has 0 saturated carbocycles. The van der Waals surface area contributed by atoms with Crippen molar-refractivity contribution in [2.45, 2.75) is 6.92 Å². The van der Waals surface area contributed by atoms with E-state index in [0.717, 1.165) is 11.1 Å². The lowest BCUT2D eigenvalue weighted by Crippen LogP contribution is -2.09. The normalized spacial score (nSPS) is 10.5. The first-order chi connectivity index (χ1) is 10.0. The Morgan fingerprint density at radius 2 is 1.90 bits per heavy atom. The molecule has 0 atom stereocenters. The lowest BCUT2D eigenvalue weighted by molar-refractivity contribution is -0.111. The number of aromatic nitrogens is 1. The van der Waals surface area contributed by atoms with Crippen LogP contribution in [0, 0.1) is 6.92 Å². The number of amides is 1. The standard InChI is InChI=1S/C16H14N2O3/c1-11-2-4-12(5-3-11)6-7-15(19)18-14-8-13(16(20)21)9-17-10-14/h2-10H,1H3,(H,18,19)(H,20,21). The number of carbonyl (C=O) groups is 2. The van der Waals surface area contributed by atoms with Crippen molar-refractivity contribution >= 4 is 23.6 Å². The zero-order valence-electron chi connectivity index (χ0n) is 11.4. The Balaban J connectivity index is 2.03. The Labute approximate surface area is 122 Å². The first kappa shape index (κ1) is 14.5. The molecule has 1 heterocycles. The lowest BCUT2D eigenvalue weighted by Gasteiger charge is -2.02. The predicted molar refractivity (Wildman–Crippen MR) is 80.0 cm³/mol. The van der Waals surface area contributed by atoms with Crippen LogP contribution in [0.4, 0.5) is 5.69 Å². The van der Waals surface area contributed by atoms with Crippen LogP contribution < -0.4 is 5.32 Å². The van der Waals surface area contributed by atoms with E-state index in [0.29, 0.717) is 5.69 Å². The number of carbonyl (C=O) groups excluding carboxylic acids is 1. The first-order valence-corrected chi connectivity index (χ1v) is 6.29. The molecule has 0 saturated heterocycles. The quantitative estimate of drug-likeness (QED) is 0.845. The van der Waals surface area contributed by atoms with E-state index < -0.39 is 5.97 Å². The molecule has 2 N–H and O–H groups in total. The number of aryl methyl sites for hydroxylation is 1. The highest BCUT2D eigenvalue weighted by atomic mass is 16.4. The molecule has 2 rings (SSSR count). The van der Waals surface area contributed by atoms with E-state index in [1.807, 2.05) is 31.2 Å². The molecule has 21 heavy (non-hydrogen) atoms. The summed E-state index contributed by atoms with van der Waals surface area (Å²) in [6, 6.07) is 9.08. The number of hydrogen-bond donors (Lipinski definition) is 2. The van der Waals surface area contributed by atoms with Gasteiger partial charge in [-0.05, 0) is 24.6 Å².